The number of ether oxygens (including phenoxy) is 1. The van der Waals surface area contributed by atoms with Gasteiger partial charge in [-0.25, -0.2) is 8.42 Å². The van der Waals surface area contributed by atoms with Crippen molar-refractivity contribution in [1.82, 2.24) is 5.32 Å². The number of rotatable bonds is 11. The lowest BCUT2D eigenvalue weighted by molar-refractivity contribution is -0.139. The monoisotopic (exact) mass is 456 g/mol. The van der Waals surface area contributed by atoms with E-state index in [1.165, 1.54) is 31.4 Å². The summed E-state index contributed by atoms with van der Waals surface area (Å²) in [5, 5.41) is 22.7. The van der Waals surface area contributed by atoms with Gasteiger partial charge in [-0.1, -0.05) is 18.5 Å². The summed E-state index contributed by atoms with van der Waals surface area (Å²) in [5.74, 6) is -0.484. The van der Waals surface area contributed by atoms with Crippen molar-refractivity contribution in [1.29, 1.82) is 0 Å². The maximum Gasteiger partial charge on any atom is 0.320 e. The molecule has 0 heterocycles. The minimum Gasteiger partial charge on any atom is -0.497 e. The van der Waals surface area contributed by atoms with E-state index in [2.05, 4.69) is 5.32 Å². The Kier molecular flexibility index (Phi) is 8.48. The molecule has 0 aromatic heterocycles. The third kappa shape index (κ3) is 6.09. The fourth-order valence-electron chi connectivity index (χ4n) is 2.77. The smallest absolute Gasteiger partial charge is 0.320 e. The first-order valence-electron chi connectivity index (χ1n) is 9.25. The molecule has 2 aromatic rings. The van der Waals surface area contributed by atoms with Crippen LogP contribution in [-0.2, 0) is 14.8 Å². The number of carbonyl (C=O) groups is 1. The molecule has 0 aliphatic rings. The number of hydrogen-bond acceptors (Lipinski definition) is 6. The van der Waals surface area contributed by atoms with Crippen molar-refractivity contribution in [3.63, 3.8) is 0 Å². The van der Waals surface area contributed by atoms with Crippen molar-refractivity contribution < 1.29 is 28.2 Å². The van der Waals surface area contributed by atoms with E-state index in [-0.39, 0.29) is 18.0 Å². The average molecular weight is 457 g/mol. The Bertz CT molecular complexity index is 935. The van der Waals surface area contributed by atoms with Crippen LogP contribution in [0.2, 0.25) is 5.02 Å². The van der Waals surface area contributed by atoms with Crippen LogP contribution < -0.4 is 14.4 Å². The Labute approximate surface area is 181 Å². The Morgan fingerprint density at radius 1 is 1.17 bits per heavy atom. The van der Waals surface area contributed by atoms with Crippen LogP contribution in [-0.4, -0.2) is 56.9 Å². The fraction of sp³-hybridized carbons (Fsp3) is 0.350. The number of nitrogens with one attached hydrogen (secondary N) is 1. The summed E-state index contributed by atoms with van der Waals surface area (Å²) in [5.41, 5.74) is 0.329. The Morgan fingerprint density at radius 3 is 2.27 bits per heavy atom. The van der Waals surface area contributed by atoms with E-state index in [4.69, 9.17) is 21.4 Å². The van der Waals surface area contributed by atoms with Gasteiger partial charge in [0.05, 0.1) is 30.3 Å². The van der Waals surface area contributed by atoms with E-state index in [0.717, 1.165) is 4.31 Å². The van der Waals surface area contributed by atoms with Gasteiger partial charge in [0, 0.05) is 11.6 Å². The number of aliphatic carboxylic acids is 1. The number of aliphatic hydroxyl groups is 1. The summed E-state index contributed by atoms with van der Waals surface area (Å²) in [6.45, 7) is 1.33. The number of nitrogens with zero attached hydrogens (tertiary/aromatic N) is 1. The normalized spacial score (nSPS) is 13.5. The van der Waals surface area contributed by atoms with Gasteiger partial charge < -0.3 is 20.3 Å². The number of aliphatic hydroxyl groups excluding tert-OH is 1. The molecule has 0 aliphatic heterocycles. The standard InChI is InChI=1S/C20H25ClN2O6S/c1-3-19(20(25)26)22-12-16(24)13-23(15-6-8-17(29-2)9-7-15)30(27,28)18-10-4-14(21)5-11-18/h4-11,16,19,22,24H,3,12-13H2,1-2H3,(H,25,26). The maximum atomic E-state index is 13.3. The molecule has 2 unspecified atom stereocenters. The lowest BCUT2D eigenvalue weighted by atomic mass is 10.2. The predicted octanol–water partition coefficient (Wildman–Crippen LogP) is 2.36. The molecule has 2 rings (SSSR count). The summed E-state index contributed by atoms with van der Waals surface area (Å²) in [6, 6.07) is 11.2. The summed E-state index contributed by atoms with van der Waals surface area (Å²) in [4.78, 5) is 11.2. The minimum atomic E-state index is -4.02. The molecular weight excluding hydrogens is 432 g/mol. The molecule has 30 heavy (non-hydrogen) atoms. The zero-order valence-electron chi connectivity index (χ0n) is 16.7. The molecule has 0 aliphatic carbocycles. The van der Waals surface area contributed by atoms with Crippen molar-refractivity contribution in [3.8, 4) is 5.75 Å². The van der Waals surface area contributed by atoms with E-state index >= 15 is 0 Å². The van der Waals surface area contributed by atoms with Crippen molar-refractivity contribution in [2.45, 2.75) is 30.4 Å². The topological polar surface area (TPSA) is 116 Å². The Hall–Kier alpha value is -2.33. The first-order chi connectivity index (χ1) is 14.2. The van der Waals surface area contributed by atoms with Gasteiger partial charge in [-0.05, 0) is 55.0 Å². The zero-order chi connectivity index (χ0) is 22.3. The molecule has 2 atom stereocenters. The number of anilines is 1. The maximum absolute atomic E-state index is 13.3. The van der Waals surface area contributed by atoms with E-state index < -0.39 is 28.1 Å². The SMILES string of the molecule is CCC(NCC(O)CN(c1ccc(OC)cc1)S(=O)(=O)c1ccc(Cl)cc1)C(=O)O. The molecule has 0 saturated heterocycles. The molecule has 8 nitrogen and oxygen atoms in total. The largest absolute Gasteiger partial charge is 0.497 e. The summed E-state index contributed by atoms with van der Waals surface area (Å²) >= 11 is 5.87. The highest BCUT2D eigenvalue weighted by Gasteiger charge is 2.28. The fourth-order valence-corrected chi connectivity index (χ4v) is 4.39. The number of carboxylic acid groups (broad SMARTS) is 1. The second-order valence-corrected chi connectivity index (χ2v) is 8.85. The van der Waals surface area contributed by atoms with Crippen molar-refractivity contribution in [2.75, 3.05) is 24.5 Å². The van der Waals surface area contributed by atoms with Gasteiger partial charge >= 0.3 is 5.97 Å². The first-order valence-corrected chi connectivity index (χ1v) is 11.1. The summed E-state index contributed by atoms with van der Waals surface area (Å²) < 4.78 is 32.7. The third-order valence-electron chi connectivity index (χ3n) is 4.44. The van der Waals surface area contributed by atoms with Gasteiger partial charge in [-0.15, -0.1) is 0 Å². The van der Waals surface area contributed by atoms with Crippen LogP contribution in [0.15, 0.2) is 53.4 Å². The Morgan fingerprint density at radius 2 is 1.77 bits per heavy atom. The number of hydrogen-bond donors (Lipinski definition) is 3. The lowest BCUT2D eigenvalue weighted by Gasteiger charge is -2.27. The van der Waals surface area contributed by atoms with E-state index in [9.17, 15) is 18.3 Å². The number of sulfonamides is 1. The molecule has 3 N–H and O–H groups in total. The number of benzene rings is 2. The summed E-state index contributed by atoms with van der Waals surface area (Å²) in [7, 11) is -2.52. The summed E-state index contributed by atoms with van der Waals surface area (Å²) in [6.07, 6.45) is -0.824. The number of methoxy groups -OCH3 is 1. The van der Waals surface area contributed by atoms with Crippen molar-refractivity contribution in [2.24, 2.45) is 0 Å². The number of carboxylic acids is 1. The Balaban J connectivity index is 2.31. The molecule has 10 heteroatoms. The molecule has 2 aromatic carbocycles. The van der Waals surface area contributed by atoms with E-state index in [1.807, 2.05) is 0 Å². The lowest BCUT2D eigenvalue weighted by Crippen LogP contribution is -2.45. The number of halogens is 1. The van der Waals surface area contributed by atoms with Crippen molar-refractivity contribution in [3.05, 3.63) is 53.6 Å². The molecule has 0 fully saturated rings. The van der Waals surface area contributed by atoms with Crippen LogP contribution in [0.3, 0.4) is 0 Å². The van der Waals surface area contributed by atoms with Gasteiger partial charge in [0.25, 0.3) is 10.0 Å². The van der Waals surface area contributed by atoms with Crippen LogP contribution in [0.25, 0.3) is 0 Å². The quantitative estimate of drug-likeness (QED) is 0.475. The molecule has 0 radical (unpaired) electrons. The molecule has 0 amide bonds. The third-order valence-corrected chi connectivity index (χ3v) is 6.50. The van der Waals surface area contributed by atoms with Gasteiger partial charge in [-0.3, -0.25) is 9.10 Å². The average Bonchev–Trinajstić information content (AvgIpc) is 2.72. The highest BCUT2D eigenvalue weighted by Crippen LogP contribution is 2.27. The van der Waals surface area contributed by atoms with Crippen LogP contribution >= 0.6 is 11.6 Å². The van der Waals surface area contributed by atoms with Gasteiger partial charge in [-0.2, -0.15) is 0 Å². The van der Waals surface area contributed by atoms with Crippen LogP contribution in [0.1, 0.15) is 13.3 Å². The van der Waals surface area contributed by atoms with Crippen LogP contribution in [0, 0.1) is 0 Å². The first kappa shape index (κ1) is 23.9. The second kappa shape index (κ2) is 10.6. The molecule has 0 spiro atoms. The highest BCUT2D eigenvalue weighted by molar-refractivity contribution is 7.92. The van der Waals surface area contributed by atoms with Crippen LogP contribution in [0.4, 0.5) is 5.69 Å². The van der Waals surface area contributed by atoms with E-state index in [1.54, 1.807) is 31.2 Å². The minimum absolute atomic E-state index is 0.0137. The molecule has 164 valence electrons. The molecule has 0 bridgehead atoms. The highest BCUT2D eigenvalue weighted by atomic mass is 35.5. The molecular formula is C20H25ClN2O6S. The van der Waals surface area contributed by atoms with E-state index in [0.29, 0.717) is 22.9 Å². The van der Waals surface area contributed by atoms with Gasteiger partial charge in [0.1, 0.15) is 11.8 Å². The van der Waals surface area contributed by atoms with Gasteiger partial charge in [0.15, 0.2) is 0 Å². The van der Waals surface area contributed by atoms with Gasteiger partial charge in [0.2, 0.25) is 0 Å². The second-order valence-electron chi connectivity index (χ2n) is 6.55. The van der Waals surface area contributed by atoms with Crippen LogP contribution in [0.5, 0.6) is 5.75 Å². The molecule has 0 saturated carbocycles. The predicted molar refractivity (Wildman–Crippen MR) is 115 cm³/mol. The zero-order valence-corrected chi connectivity index (χ0v) is 18.2. The van der Waals surface area contributed by atoms with Crippen molar-refractivity contribution >= 4 is 33.3 Å².